The van der Waals surface area contributed by atoms with E-state index in [9.17, 15) is 5.11 Å². The van der Waals surface area contributed by atoms with Crippen LogP contribution in [0.4, 0.5) is 0 Å². The van der Waals surface area contributed by atoms with E-state index in [2.05, 4.69) is 90.1 Å². The van der Waals surface area contributed by atoms with Crippen molar-refractivity contribution < 1.29 is 24.1 Å². The molecule has 5 nitrogen and oxygen atoms in total. The van der Waals surface area contributed by atoms with Crippen molar-refractivity contribution in [3.05, 3.63) is 115 Å². The van der Waals surface area contributed by atoms with Crippen LogP contribution in [0.1, 0.15) is 87.0 Å². The van der Waals surface area contributed by atoms with Crippen molar-refractivity contribution in [1.82, 2.24) is 0 Å². The van der Waals surface area contributed by atoms with Gasteiger partial charge in [0.2, 0.25) is 0 Å². The van der Waals surface area contributed by atoms with Crippen LogP contribution in [0, 0.1) is 41.5 Å². The number of aliphatic hydroxyl groups is 1. The van der Waals surface area contributed by atoms with Crippen LogP contribution in [-0.4, -0.2) is 36.6 Å². The minimum absolute atomic E-state index is 0.209. The predicted octanol–water partition coefficient (Wildman–Crippen LogP) is 8.57. The van der Waals surface area contributed by atoms with E-state index in [1.54, 1.807) is 7.11 Å². The van der Waals surface area contributed by atoms with Crippen molar-refractivity contribution in [3.63, 3.8) is 0 Å². The average molecular weight is 635 g/mol. The number of aliphatic hydroxyl groups excluding tert-OH is 1. The van der Waals surface area contributed by atoms with Crippen molar-refractivity contribution in [1.29, 1.82) is 0 Å². The van der Waals surface area contributed by atoms with Crippen molar-refractivity contribution >= 4 is 0 Å². The lowest BCUT2D eigenvalue weighted by Gasteiger charge is -2.31. The third-order valence-electron chi connectivity index (χ3n) is 9.59. The monoisotopic (exact) mass is 634 g/mol. The number of rotatable bonds is 12. The summed E-state index contributed by atoms with van der Waals surface area (Å²) in [6, 6.07) is 17.9. The SMILES string of the molecule is COc1c(C)cc(Cc2cc(C)c(OC(C)(C)CC(O)COc3c(C)cc(Cc4cc5c6c(c4)CC(C5)O6)cc3C)c(C)c2)cc1C. The number of benzene rings is 4. The first-order valence-corrected chi connectivity index (χ1v) is 16.9. The lowest BCUT2D eigenvalue weighted by atomic mass is 9.90. The molecule has 6 rings (SSSR count). The van der Waals surface area contributed by atoms with Crippen molar-refractivity contribution in [3.8, 4) is 23.0 Å². The summed E-state index contributed by atoms with van der Waals surface area (Å²) in [5.41, 5.74) is 13.9. The summed E-state index contributed by atoms with van der Waals surface area (Å²) in [4.78, 5) is 0. The van der Waals surface area contributed by atoms with Gasteiger partial charge in [0.1, 0.15) is 41.3 Å². The molecule has 0 radical (unpaired) electrons. The zero-order chi connectivity index (χ0) is 33.6. The fourth-order valence-electron chi connectivity index (χ4n) is 7.93. The number of ether oxygens (including phenoxy) is 4. The first-order chi connectivity index (χ1) is 22.3. The Hall–Kier alpha value is -3.96. The first kappa shape index (κ1) is 33.0. The summed E-state index contributed by atoms with van der Waals surface area (Å²) in [6.45, 7) is 16.8. The Kier molecular flexibility index (Phi) is 9.06. The Morgan fingerprint density at radius 1 is 0.681 bits per heavy atom. The van der Waals surface area contributed by atoms with Gasteiger partial charge < -0.3 is 24.1 Å². The second-order valence-corrected chi connectivity index (χ2v) is 14.7. The number of methoxy groups -OCH3 is 1. The maximum Gasteiger partial charge on any atom is 0.126 e. The van der Waals surface area contributed by atoms with Crippen LogP contribution in [0.3, 0.4) is 0 Å². The van der Waals surface area contributed by atoms with Gasteiger partial charge in [-0.3, -0.25) is 0 Å². The molecule has 0 amide bonds. The molecule has 4 aromatic rings. The smallest absolute Gasteiger partial charge is 0.126 e. The highest BCUT2D eigenvalue weighted by Crippen LogP contribution is 2.42. The van der Waals surface area contributed by atoms with Gasteiger partial charge in [0.15, 0.2) is 0 Å². The van der Waals surface area contributed by atoms with Gasteiger partial charge in [0.25, 0.3) is 0 Å². The molecule has 248 valence electrons. The van der Waals surface area contributed by atoms with Crippen molar-refractivity contribution in [2.75, 3.05) is 13.7 Å². The van der Waals surface area contributed by atoms with E-state index < -0.39 is 11.7 Å². The molecule has 0 fully saturated rings. The Morgan fingerprint density at radius 3 is 1.55 bits per heavy atom. The van der Waals surface area contributed by atoms with Crippen LogP contribution in [-0.2, 0) is 25.7 Å². The highest BCUT2D eigenvalue weighted by molar-refractivity contribution is 5.53. The van der Waals surface area contributed by atoms with E-state index in [0.29, 0.717) is 12.5 Å². The second kappa shape index (κ2) is 12.9. The van der Waals surface area contributed by atoms with Crippen LogP contribution in [0.2, 0.25) is 0 Å². The minimum atomic E-state index is -0.675. The third-order valence-corrected chi connectivity index (χ3v) is 9.59. The van der Waals surface area contributed by atoms with E-state index >= 15 is 0 Å². The molecular formula is C42H50O5. The van der Waals surface area contributed by atoms with E-state index in [1.807, 2.05) is 13.8 Å². The topological polar surface area (TPSA) is 57.2 Å². The quantitative estimate of drug-likeness (QED) is 0.169. The molecule has 1 N–H and O–H groups in total. The molecule has 0 spiro atoms. The third kappa shape index (κ3) is 7.16. The zero-order valence-electron chi connectivity index (χ0n) is 29.6. The molecule has 1 atom stereocenters. The molecule has 1 unspecified atom stereocenters. The van der Waals surface area contributed by atoms with Crippen LogP contribution < -0.4 is 18.9 Å². The van der Waals surface area contributed by atoms with Gasteiger partial charge in [-0.2, -0.15) is 0 Å². The van der Waals surface area contributed by atoms with Crippen LogP contribution >= 0.6 is 0 Å². The fourth-order valence-corrected chi connectivity index (χ4v) is 7.93. The number of fused-ring (bicyclic) bond motifs is 1. The molecule has 47 heavy (non-hydrogen) atoms. The second-order valence-electron chi connectivity index (χ2n) is 14.7. The largest absolute Gasteiger partial charge is 0.496 e. The van der Waals surface area contributed by atoms with E-state index in [1.165, 1.54) is 33.4 Å². The molecule has 2 aliphatic rings. The summed E-state index contributed by atoms with van der Waals surface area (Å²) < 4.78 is 24.3. The Labute approximate surface area is 280 Å². The fraction of sp³-hybridized carbons (Fsp3) is 0.429. The summed E-state index contributed by atoms with van der Waals surface area (Å²) in [7, 11) is 1.73. The maximum atomic E-state index is 11.1. The molecule has 2 heterocycles. The van der Waals surface area contributed by atoms with Gasteiger partial charge in [-0.25, -0.2) is 0 Å². The summed E-state index contributed by atoms with van der Waals surface area (Å²) in [5, 5.41) is 11.1. The predicted molar refractivity (Wildman–Crippen MR) is 189 cm³/mol. The van der Waals surface area contributed by atoms with E-state index in [-0.39, 0.29) is 6.61 Å². The van der Waals surface area contributed by atoms with Gasteiger partial charge in [-0.1, -0.05) is 48.5 Å². The first-order valence-electron chi connectivity index (χ1n) is 16.9. The summed E-state index contributed by atoms with van der Waals surface area (Å²) >= 11 is 0. The standard InChI is InChI=1S/C42H50O5/c1-24-10-30(11-25(2)38(24)44-9)16-32-14-28(5)40(29(6)15-32)47-42(7,8)22-36(43)23-45-39-26(3)12-31(13-27(39)4)17-33-18-34-20-37-21-35(19-33)41(34)46-37/h10-15,18-19,36-37,43H,16-17,20-23H2,1-9H3. The highest BCUT2D eigenvalue weighted by atomic mass is 16.5. The Morgan fingerprint density at radius 2 is 1.11 bits per heavy atom. The lowest BCUT2D eigenvalue weighted by Crippen LogP contribution is -2.36. The van der Waals surface area contributed by atoms with Crippen LogP contribution in [0.25, 0.3) is 0 Å². The molecule has 2 aliphatic heterocycles. The lowest BCUT2D eigenvalue weighted by molar-refractivity contribution is 0.0165. The van der Waals surface area contributed by atoms with Crippen molar-refractivity contribution in [2.45, 2.75) is 105 Å². The molecular weight excluding hydrogens is 584 g/mol. The van der Waals surface area contributed by atoms with Gasteiger partial charge in [0, 0.05) is 19.3 Å². The molecule has 0 aromatic heterocycles. The molecule has 2 bridgehead atoms. The molecule has 5 heteroatoms. The number of hydrogen-bond donors (Lipinski definition) is 1. The van der Waals surface area contributed by atoms with Crippen LogP contribution in [0.15, 0.2) is 48.5 Å². The van der Waals surface area contributed by atoms with E-state index in [0.717, 1.165) is 82.1 Å². The van der Waals surface area contributed by atoms with E-state index in [4.69, 9.17) is 18.9 Å². The van der Waals surface area contributed by atoms with Gasteiger partial charge in [0.05, 0.1) is 13.2 Å². The average Bonchev–Trinajstić information content (AvgIpc) is 3.55. The zero-order valence-corrected chi connectivity index (χ0v) is 29.6. The van der Waals surface area contributed by atoms with Crippen LogP contribution in [0.5, 0.6) is 23.0 Å². The molecule has 0 saturated carbocycles. The van der Waals surface area contributed by atoms with Gasteiger partial charge in [-0.15, -0.1) is 0 Å². The van der Waals surface area contributed by atoms with Gasteiger partial charge in [-0.05, 0) is 135 Å². The van der Waals surface area contributed by atoms with Gasteiger partial charge >= 0.3 is 0 Å². The molecule has 0 saturated heterocycles. The minimum Gasteiger partial charge on any atom is -0.496 e. The summed E-state index contributed by atoms with van der Waals surface area (Å²) in [5.74, 6) is 3.82. The normalized spacial score (nSPS) is 14.3. The van der Waals surface area contributed by atoms with Crippen molar-refractivity contribution in [2.24, 2.45) is 0 Å². The maximum absolute atomic E-state index is 11.1. The summed E-state index contributed by atoms with van der Waals surface area (Å²) in [6.07, 6.45) is 3.95. The molecule has 4 aromatic carbocycles. The number of aryl methyl sites for hydroxylation is 6. The Balaban J connectivity index is 1.05. The molecule has 0 aliphatic carbocycles. The Bertz CT molecular complexity index is 1720. The number of hydrogen-bond acceptors (Lipinski definition) is 5. The highest BCUT2D eigenvalue weighted by Gasteiger charge is 2.33.